The summed E-state index contributed by atoms with van der Waals surface area (Å²) in [6.45, 7) is 2.00. The van der Waals surface area contributed by atoms with E-state index in [0.29, 0.717) is 5.17 Å². The minimum absolute atomic E-state index is 0.228. The van der Waals surface area contributed by atoms with Gasteiger partial charge >= 0.3 is 5.97 Å². The van der Waals surface area contributed by atoms with Crippen molar-refractivity contribution in [1.82, 2.24) is 5.32 Å². The van der Waals surface area contributed by atoms with E-state index in [2.05, 4.69) is 20.3 Å². The van der Waals surface area contributed by atoms with Crippen LogP contribution in [0, 0.1) is 6.92 Å². The summed E-state index contributed by atoms with van der Waals surface area (Å²) in [7, 11) is 1.25. The van der Waals surface area contributed by atoms with E-state index < -0.39 is 11.9 Å². The lowest BCUT2D eigenvalue weighted by Crippen LogP contribution is -2.19. The molecule has 0 aromatic heterocycles. The van der Waals surface area contributed by atoms with Gasteiger partial charge in [0.15, 0.2) is 5.17 Å². The maximum atomic E-state index is 11.6. The molecule has 0 radical (unpaired) electrons. The van der Waals surface area contributed by atoms with E-state index in [9.17, 15) is 9.59 Å². The van der Waals surface area contributed by atoms with Crippen molar-refractivity contribution in [3.05, 3.63) is 46.4 Å². The fraction of sp³-hybridized carbons (Fsp3) is 0.143. The monoisotopic (exact) mass is 303 g/mol. The van der Waals surface area contributed by atoms with E-state index in [1.54, 1.807) is 6.21 Å². The van der Waals surface area contributed by atoms with Crippen LogP contribution in [0.15, 0.2) is 45.4 Å². The Hall–Kier alpha value is -2.41. The molecule has 7 heteroatoms. The number of benzene rings is 1. The summed E-state index contributed by atoms with van der Waals surface area (Å²) >= 11 is 1.04. The third kappa shape index (κ3) is 4.28. The Kier molecular flexibility index (Phi) is 4.89. The van der Waals surface area contributed by atoms with Crippen LogP contribution in [0.25, 0.3) is 0 Å². The average molecular weight is 303 g/mol. The van der Waals surface area contributed by atoms with E-state index in [-0.39, 0.29) is 4.91 Å². The van der Waals surface area contributed by atoms with Crippen molar-refractivity contribution >= 4 is 35.0 Å². The standard InChI is InChI=1S/C14H13N3O3S/c1-9-3-5-10(6-4-9)8-15-17-14-16-13(19)11(21-14)7-12(18)20-2/h3-8H,1-2H3,(H,16,17,19)/b11-7-,15-8?. The number of amides is 1. The van der Waals surface area contributed by atoms with Crippen LogP contribution < -0.4 is 5.32 Å². The molecule has 1 aromatic carbocycles. The smallest absolute Gasteiger partial charge is 0.331 e. The molecule has 0 aliphatic carbocycles. The largest absolute Gasteiger partial charge is 0.466 e. The summed E-state index contributed by atoms with van der Waals surface area (Å²) < 4.78 is 4.47. The Balaban J connectivity index is 2.03. The lowest BCUT2D eigenvalue weighted by Gasteiger charge is -1.93. The van der Waals surface area contributed by atoms with Crippen molar-refractivity contribution < 1.29 is 14.3 Å². The van der Waals surface area contributed by atoms with E-state index in [1.807, 2.05) is 31.2 Å². The Morgan fingerprint density at radius 2 is 2.05 bits per heavy atom. The molecule has 2 rings (SSSR count). The number of hydrogen-bond acceptors (Lipinski definition) is 6. The van der Waals surface area contributed by atoms with Crippen LogP contribution >= 0.6 is 11.8 Å². The van der Waals surface area contributed by atoms with E-state index >= 15 is 0 Å². The lowest BCUT2D eigenvalue weighted by molar-refractivity contribution is -0.135. The molecule has 0 spiro atoms. The highest BCUT2D eigenvalue weighted by molar-refractivity contribution is 8.18. The second-order valence-electron chi connectivity index (χ2n) is 4.15. The number of ether oxygens (including phenoxy) is 1. The Labute approximate surface area is 126 Å². The number of nitrogens with zero attached hydrogens (tertiary/aromatic N) is 2. The van der Waals surface area contributed by atoms with Gasteiger partial charge in [-0.15, -0.1) is 5.10 Å². The van der Waals surface area contributed by atoms with Crippen LogP contribution in [0.2, 0.25) is 0 Å². The zero-order chi connectivity index (χ0) is 15.2. The van der Waals surface area contributed by atoms with E-state index in [4.69, 9.17) is 0 Å². The molecular formula is C14H13N3O3S. The molecular weight excluding hydrogens is 290 g/mol. The summed E-state index contributed by atoms with van der Waals surface area (Å²) in [5, 5.41) is 10.6. The van der Waals surface area contributed by atoms with Crippen LogP contribution in [0.3, 0.4) is 0 Å². The molecule has 1 aliphatic rings. The van der Waals surface area contributed by atoms with Crippen LogP contribution in [0.1, 0.15) is 11.1 Å². The Bertz CT molecular complexity index is 648. The topological polar surface area (TPSA) is 80.1 Å². The molecule has 1 aromatic rings. The first-order chi connectivity index (χ1) is 10.1. The molecule has 1 heterocycles. The predicted molar refractivity (Wildman–Crippen MR) is 82.0 cm³/mol. The van der Waals surface area contributed by atoms with E-state index in [1.165, 1.54) is 7.11 Å². The first kappa shape index (κ1) is 15.0. The number of methoxy groups -OCH3 is 1. The van der Waals surface area contributed by atoms with Gasteiger partial charge in [-0.25, -0.2) is 4.79 Å². The van der Waals surface area contributed by atoms with E-state index in [0.717, 1.165) is 29.0 Å². The molecule has 0 saturated carbocycles. The number of rotatable bonds is 3. The quantitative estimate of drug-likeness (QED) is 0.398. The first-order valence-electron chi connectivity index (χ1n) is 6.05. The predicted octanol–water partition coefficient (Wildman–Crippen LogP) is 1.60. The third-order valence-corrected chi connectivity index (χ3v) is 3.43. The number of thioether (sulfide) groups is 1. The molecule has 1 amide bonds. The molecule has 6 nitrogen and oxygen atoms in total. The molecule has 1 N–H and O–H groups in total. The van der Waals surface area contributed by atoms with Crippen molar-refractivity contribution in [3.8, 4) is 0 Å². The molecule has 0 unspecified atom stereocenters. The minimum atomic E-state index is -0.586. The lowest BCUT2D eigenvalue weighted by atomic mass is 10.2. The zero-order valence-electron chi connectivity index (χ0n) is 11.5. The van der Waals surface area contributed by atoms with Crippen molar-refractivity contribution in [2.45, 2.75) is 6.92 Å². The fourth-order valence-corrected chi connectivity index (χ4v) is 2.18. The second-order valence-corrected chi connectivity index (χ2v) is 5.18. The van der Waals surface area contributed by atoms with Crippen molar-refractivity contribution in [2.75, 3.05) is 7.11 Å². The number of hydrogen-bond donors (Lipinski definition) is 1. The van der Waals surface area contributed by atoms with Gasteiger partial charge in [0, 0.05) is 6.08 Å². The van der Waals surface area contributed by atoms with Gasteiger partial charge < -0.3 is 4.74 Å². The van der Waals surface area contributed by atoms with Gasteiger partial charge in [0.2, 0.25) is 0 Å². The van der Waals surface area contributed by atoms with Gasteiger partial charge in [0.05, 0.1) is 18.2 Å². The van der Waals surface area contributed by atoms with Crippen LogP contribution in [-0.4, -0.2) is 30.4 Å². The minimum Gasteiger partial charge on any atom is -0.466 e. The Morgan fingerprint density at radius 3 is 2.71 bits per heavy atom. The summed E-state index contributed by atoms with van der Waals surface area (Å²) in [6.07, 6.45) is 2.70. The van der Waals surface area contributed by atoms with Crippen molar-refractivity contribution in [2.24, 2.45) is 10.2 Å². The van der Waals surface area contributed by atoms with Crippen LogP contribution in [0.5, 0.6) is 0 Å². The maximum absolute atomic E-state index is 11.6. The molecule has 21 heavy (non-hydrogen) atoms. The van der Waals surface area contributed by atoms with Crippen LogP contribution in [0.4, 0.5) is 0 Å². The molecule has 1 saturated heterocycles. The van der Waals surface area contributed by atoms with Gasteiger partial charge in [0.1, 0.15) is 0 Å². The molecule has 0 atom stereocenters. The zero-order valence-corrected chi connectivity index (χ0v) is 12.3. The highest BCUT2D eigenvalue weighted by Crippen LogP contribution is 2.23. The van der Waals surface area contributed by atoms with Gasteiger partial charge in [-0.1, -0.05) is 29.8 Å². The number of carbonyl (C=O) groups excluding carboxylic acids is 2. The average Bonchev–Trinajstić information content (AvgIpc) is 2.81. The van der Waals surface area contributed by atoms with Gasteiger partial charge in [0.25, 0.3) is 5.91 Å². The highest BCUT2D eigenvalue weighted by atomic mass is 32.2. The normalized spacial score (nSPS) is 18.5. The van der Waals surface area contributed by atoms with Gasteiger partial charge in [-0.05, 0) is 24.2 Å². The maximum Gasteiger partial charge on any atom is 0.331 e. The van der Waals surface area contributed by atoms with Crippen molar-refractivity contribution in [1.29, 1.82) is 0 Å². The highest BCUT2D eigenvalue weighted by Gasteiger charge is 2.24. The summed E-state index contributed by atoms with van der Waals surface area (Å²) in [5.74, 6) is -0.980. The number of amidine groups is 1. The molecule has 108 valence electrons. The van der Waals surface area contributed by atoms with Crippen molar-refractivity contribution in [3.63, 3.8) is 0 Å². The number of aryl methyl sites for hydroxylation is 1. The van der Waals surface area contributed by atoms with Gasteiger partial charge in [-0.2, -0.15) is 5.10 Å². The summed E-state index contributed by atoms with van der Waals surface area (Å²) in [4.78, 5) is 22.9. The van der Waals surface area contributed by atoms with Crippen LogP contribution in [-0.2, 0) is 14.3 Å². The second kappa shape index (κ2) is 6.85. The number of esters is 1. The first-order valence-corrected chi connectivity index (χ1v) is 6.86. The summed E-state index contributed by atoms with van der Waals surface area (Å²) in [6, 6.07) is 7.78. The number of nitrogens with one attached hydrogen (secondary N) is 1. The fourth-order valence-electron chi connectivity index (χ4n) is 1.44. The number of carbonyl (C=O) groups is 2. The SMILES string of the molecule is COC(=O)/C=C1\SC(=NN=Cc2ccc(C)cc2)NC1=O. The molecule has 1 fully saturated rings. The molecule has 0 bridgehead atoms. The third-order valence-electron chi connectivity index (χ3n) is 2.53. The Morgan fingerprint density at radius 1 is 1.33 bits per heavy atom. The summed E-state index contributed by atoms with van der Waals surface area (Å²) in [5.41, 5.74) is 2.07. The van der Waals surface area contributed by atoms with Gasteiger partial charge in [-0.3, -0.25) is 10.1 Å². The molecule has 1 aliphatic heterocycles.